The zero-order valence-electron chi connectivity index (χ0n) is 11.8. The molecule has 20 heavy (non-hydrogen) atoms. The Morgan fingerprint density at radius 2 is 2.15 bits per heavy atom. The van der Waals surface area contributed by atoms with E-state index in [0.717, 1.165) is 0 Å². The highest BCUT2D eigenvalue weighted by molar-refractivity contribution is 5.96. The van der Waals surface area contributed by atoms with E-state index >= 15 is 0 Å². The molecule has 1 rings (SSSR count). The van der Waals surface area contributed by atoms with E-state index in [2.05, 4.69) is 0 Å². The lowest BCUT2D eigenvalue weighted by molar-refractivity contribution is -0.383. The van der Waals surface area contributed by atoms with E-state index in [9.17, 15) is 14.9 Å². The van der Waals surface area contributed by atoms with E-state index in [1.54, 1.807) is 12.0 Å². The molecule has 0 aromatic heterocycles. The van der Waals surface area contributed by atoms with Crippen molar-refractivity contribution in [1.82, 2.24) is 4.90 Å². The zero-order valence-corrected chi connectivity index (χ0v) is 11.8. The number of rotatable bonds is 6. The lowest BCUT2D eigenvalue weighted by Crippen LogP contribution is -2.39. The fraction of sp³-hybridized carbons (Fsp3) is 0.462. The third-order valence-corrected chi connectivity index (χ3v) is 2.89. The average molecular weight is 281 g/mol. The van der Waals surface area contributed by atoms with Gasteiger partial charge in [-0.2, -0.15) is 0 Å². The number of carbonyl (C=O) groups excluding carboxylic acids is 1. The van der Waals surface area contributed by atoms with Gasteiger partial charge in [-0.15, -0.1) is 0 Å². The molecule has 0 saturated carbocycles. The van der Waals surface area contributed by atoms with Crippen molar-refractivity contribution in [2.24, 2.45) is 0 Å². The molecular weight excluding hydrogens is 262 g/mol. The second-order valence-corrected chi connectivity index (χ2v) is 4.62. The SMILES string of the molecule is COCCN(C(=O)c1ccc([N+](=O)[O-])c(N)c1)C(C)C. The van der Waals surface area contributed by atoms with E-state index in [4.69, 9.17) is 10.5 Å². The molecule has 0 saturated heterocycles. The lowest BCUT2D eigenvalue weighted by atomic mass is 10.1. The summed E-state index contributed by atoms with van der Waals surface area (Å²) < 4.78 is 4.97. The van der Waals surface area contributed by atoms with E-state index in [0.29, 0.717) is 18.7 Å². The molecule has 7 nitrogen and oxygen atoms in total. The molecule has 1 aromatic rings. The van der Waals surface area contributed by atoms with E-state index in [1.807, 2.05) is 13.8 Å². The number of nitro groups is 1. The highest BCUT2D eigenvalue weighted by Crippen LogP contribution is 2.23. The van der Waals surface area contributed by atoms with Crippen LogP contribution in [-0.2, 0) is 4.74 Å². The molecule has 0 radical (unpaired) electrons. The van der Waals surface area contributed by atoms with Crippen molar-refractivity contribution in [3.05, 3.63) is 33.9 Å². The van der Waals surface area contributed by atoms with Crippen molar-refractivity contribution in [2.45, 2.75) is 19.9 Å². The molecule has 0 spiro atoms. The van der Waals surface area contributed by atoms with Gasteiger partial charge in [-0.25, -0.2) is 0 Å². The number of nitro benzene ring substituents is 1. The summed E-state index contributed by atoms with van der Waals surface area (Å²) in [7, 11) is 1.56. The first-order chi connectivity index (χ1) is 9.38. The normalized spacial score (nSPS) is 10.6. The van der Waals surface area contributed by atoms with Gasteiger partial charge >= 0.3 is 0 Å². The second kappa shape index (κ2) is 6.85. The zero-order chi connectivity index (χ0) is 15.3. The number of ether oxygens (including phenoxy) is 1. The van der Waals surface area contributed by atoms with Gasteiger partial charge in [-0.3, -0.25) is 14.9 Å². The summed E-state index contributed by atoms with van der Waals surface area (Å²) in [4.78, 5) is 24.1. The molecule has 7 heteroatoms. The Balaban J connectivity index is 3.00. The Bertz CT molecular complexity index is 502. The van der Waals surface area contributed by atoms with Crippen molar-refractivity contribution in [3.8, 4) is 0 Å². The number of nitrogen functional groups attached to an aromatic ring is 1. The van der Waals surface area contributed by atoms with Crippen LogP contribution in [0.4, 0.5) is 11.4 Å². The summed E-state index contributed by atoms with van der Waals surface area (Å²) in [5.41, 5.74) is 5.71. The Kier molecular flexibility index (Phi) is 5.45. The third kappa shape index (κ3) is 3.67. The number of anilines is 1. The molecule has 0 heterocycles. The largest absolute Gasteiger partial charge is 0.393 e. The van der Waals surface area contributed by atoms with Gasteiger partial charge in [0.25, 0.3) is 11.6 Å². The molecule has 2 N–H and O–H groups in total. The fourth-order valence-electron chi connectivity index (χ4n) is 1.80. The van der Waals surface area contributed by atoms with Crippen LogP contribution in [0, 0.1) is 10.1 Å². The van der Waals surface area contributed by atoms with Crippen molar-refractivity contribution < 1.29 is 14.5 Å². The minimum atomic E-state index is -0.575. The van der Waals surface area contributed by atoms with Gasteiger partial charge in [0.2, 0.25) is 0 Å². The maximum atomic E-state index is 12.4. The standard InChI is InChI=1S/C13H19N3O4/c1-9(2)15(6-7-20-3)13(17)10-4-5-12(16(18)19)11(14)8-10/h4-5,8-9H,6-7,14H2,1-3H3. The molecule has 0 aliphatic carbocycles. The minimum absolute atomic E-state index is 0.00549. The predicted octanol–water partition coefficient (Wildman–Crippen LogP) is 1.67. The highest BCUT2D eigenvalue weighted by Gasteiger charge is 2.21. The maximum Gasteiger partial charge on any atom is 0.292 e. The molecule has 0 fully saturated rings. The van der Waals surface area contributed by atoms with Gasteiger partial charge in [0, 0.05) is 31.3 Å². The number of methoxy groups -OCH3 is 1. The first kappa shape index (κ1) is 15.9. The first-order valence-electron chi connectivity index (χ1n) is 6.22. The van der Waals surface area contributed by atoms with Crippen LogP contribution in [-0.4, -0.2) is 42.0 Å². The van der Waals surface area contributed by atoms with Crippen LogP contribution >= 0.6 is 0 Å². The predicted molar refractivity (Wildman–Crippen MR) is 75.6 cm³/mol. The summed E-state index contributed by atoms with van der Waals surface area (Å²) in [6, 6.07) is 3.99. The molecule has 0 aliphatic rings. The highest BCUT2D eigenvalue weighted by atomic mass is 16.6. The van der Waals surface area contributed by atoms with Crippen LogP contribution in [0.3, 0.4) is 0 Å². The van der Waals surface area contributed by atoms with Crippen LogP contribution in [0.1, 0.15) is 24.2 Å². The van der Waals surface area contributed by atoms with Gasteiger partial charge in [-0.1, -0.05) is 0 Å². The second-order valence-electron chi connectivity index (χ2n) is 4.62. The number of benzene rings is 1. The third-order valence-electron chi connectivity index (χ3n) is 2.89. The van der Waals surface area contributed by atoms with Crippen LogP contribution in [0.25, 0.3) is 0 Å². The van der Waals surface area contributed by atoms with Crippen LogP contribution in [0.2, 0.25) is 0 Å². The molecular formula is C13H19N3O4. The lowest BCUT2D eigenvalue weighted by Gasteiger charge is -2.26. The van der Waals surface area contributed by atoms with Crippen LogP contribution < -0.4 is 5.73 Å². The monoisotopic (exact) mass is 281 g/mol. The summed E-state index contributed by atoms with van der Waals surface area (Å²) in [6.45, 7) is 4.65. The minimum Gasteiger partial charge on any atom is -0.393 e. The maximum absolute atomic E-state index is 12.4. The first-order valence-corrected chi connectivity index (χ1v) is 6.22. The Morgan fingerprint density at radius 3 is 2.60 bits per heavy atom. The summed E-state index contributed by atoms with van der Waals surface area (Å²) in [6.07, 6.45) is 0. The van der Waals surface area contributed by atoms with Crippen molar-refractivity contribution in [1.29, 1.82) is 0 Å². The Morgan fingerprint density at radius 1 is 1.50 bits per heavy atom. The van der Waals surface area contributed by atoms with Gasteiger partial charge in [0.1, 0.15) is 5.69 Å². The van der Waals surface area contributed by atoms with Crippen LogP contribution in [0.15, 0.2) is 18.2 Å². The molecule has 0 unspecified atom stereocenters. The van der Waals surface area contributed by atoms with E-state index in [-0.39, 0.29) is 23.3 Å². The van der Waals surface area contributed by atoms with Crippen molar-refractivity contribution in [2.75, 3.05) is 26.0 Å². The molecule has 0 atom stereocenters. The number of nitrogens with zero attached hydrogens (tertiary/aromatic N) is 2. The molecule has 1 amide bonds. The molecule has 110 valence electrons. The topological polar surface area (TPSA) is 98.7 Å². The summed E-state index contributed by atoms with van der Waals surface area (Å²) >= 11 is 0. The number of hydrogen-bond donors (Lipinski definition) is 1. The summed E-state index contributed by atoms with van der Waals surface area (Å²) in [5, 5.41) is 10.7. The Labute approximate surface area is 117 Å². The van der Waals surface area contributed by atoms with Gasteiger partial charge in [0.15, 0.2) is 0 Å². The molecule has 0 aliphatic heterocycles. The number of hydrogen-bond acceptors (Lipinski definition) is 5. The molecule has 1 aromatic carbocycles. The number of amides is 1. The van der Waals surface area contributed by atoms with Crippen LogP contribution in [0.5, 0.6) is 0 Å². The van der Waals surface area contributed by atoms with Gasteiger partial charge in [-0.05, 0) is 26.0 Å². The van der Waals surface area contributed by atoms with Crippen molar-refractivity contribution in [3.63, 3.8) is 0 Å². The average Bonchev–Trinajstić information content (AvgIpc) is 2.37. The smallest absolute Gasteiger partial charge is 0.292 e. The fourth-order valence-corrected chi connectivity index (χ4v) is 1.80. The number of nitrogens with two attached hydrogens (primary N) is 1. The van der Waals surface area contributed by atoms with E-state index < -0.39 is 4.92 Å². The van der Waals surface area contributed by atoms with Gasteiger partial charge in [0.05, 0.1) is 11.5 Å². The molecule has 0 bridgehead atoms. The van der Waals surface area contributed by atoms with E-state index in [1.165, 1.54) is 18.2 Å². The Hall–Kier alpha value is -2.15. The summed E-state index contributed by atoms with van der Waals surface area (Å²) in [5.74, 6) is -0.223. The quantitative estimate of drug-likeness (QED) is 0.486. The van der Waals surface area contributed by atoms with Gasteiger partial charge < -0.3 is 15.4 Å². The van der Waals surface area contributed by atoms with Crippen molar-refractivity contribution >= 4 is 17.3 Å². The number of carbonyl (C=O) groups is 1.